The average Bonchev–Trinajstić information content (AvgIpc) is 3.27. The Labute approximate surface area is 262 Å². The molecule has 8 rings (SSSR count). The summed E-state index contributed by atoms with van der Waals surface area (Å²) in [5, 5.41) is -5.55. The fraction of sp³-hybridized carbons (Fsp3) is 0. The quantitative estimate of drug-likeness (QED) is 0.209. The minimum Gasteiger partial charge on any atom is -0.310 e. The van der Waals surface area contributed by atoms with Crippen molar-refractivity contribution in [3.05, 3.63) is 151 Å². The Morgan fingerprint density at radius 2 is 0.667 bits per heavy atom. The topological polar surface area (TPSA) is 3.24 Å². The molecule has 182 valence electrons. The van der Waals surface area contributed by atoms with Gasteiger partial charge in [-0.3, -0.25) is 0 Å². The maximum Gasteiger partial charge on any atom is 0.0652 e. The van der Waals surface area contributed by atoms with E-state index in [1.54, 1.807) is 0 Å². The molecule has 8 aromatic carbocycles. The van der Waals surface area contributed by atoms with Gasteiger partial charge in [0.1, 0.15) is 0 Å². The van der Waals surface area contributed by atoms with Crippen molar-refractivity contribution in [2.24, 2.45) is 0 Å². The van der Waals surface area contributed by atoms with Crippen LogP contribution < -0.4 is 4.90 Å². The summed E-state index contributed by atoms with van der Waals surface area (Å²) in [4.78, 5) is 0.450. The summed E-state index contributed by atoms with van der Waals surface area (Å²) in [5.41, 5.74) is -2.91. The Bertz CT molecular complexity index is 3440. The third-order valence-corrected chi connectivity index (χ3v) is 6.26. The van der Waals surface area contributed by atoms with Crippen LogP contribution >= 0.6 is 0 Å². The van der Waals surface area contributed by atoms with Crippen molar-refractivity contribution in [3.8, 4) is 0 Å². The number of anilines is 3. The molecular formula is C38H25N. The minimum atomic E-state index is -1.12. The predicted octanol–water partition coefficient (Wildman–Crippen LogP) is 10.9. The first kappa shape index (κ1) is 8.43. The first-order valence-electron chi connectivity index (χ1n) is 23.9. The van der Waals surface area contributed by atoms with E-state index in [1.807, 2.05) is 0 Å². The molecule has 0 aliphatic rings. The molecule has 39 heavy (non-hydrogen) atoms. The maximum absolute atomic E-state index is 9.94. The zero-order valence-corrected chi connectivity index (χ0v) is 19.4. The van der Waals surface area contributed by atoms with Crippen molar-refractivity contribution in [3.63, 3.8) is 0 Å². The van der Waals surface area contributed by atoms with Gasteiger partial charge in [0.15, 0.2) is 0 Å². The second-order valence-corrected chi connectivity index (χ2v) is 8.26. The molecule has 0 amide bonds. The normalized spacial score (nSPS) is 20.6. The Kier molecular flexibility index (Phi) is 1.88. The summed E-state index contributed by atoms with van der Waals surface area (Å²) in [6, 6.07) is -23.6. The van der Waals surface area contributed by atoms with Gasteiger partial charge in [-0.1, -0.05) is 115 Å². The second kappa shape index (κ2) is 8.72. The smallest absolute Gasteiger partial charge is 0.0652 e. The first-order chi connectivity index (χ1) is 29.8. The molecule has 0 aliphatic heterocycles. The molecule has 0 spiro atoms. The maximum atomic E-state index is 9.94. The lowest BCUT2D eigenvalue weighted by Crippen LogP contribution is -2.09. The van der Waals surface area contributed by atoms with Crippen molar-refractivity contribution < 1.29 is 34.3 Å². The number of benzene rings is 8. The Balaban J connectivity index is 1.83. The van der Waals surface area contributed by atoms with E-state index in [-0.39, 0.29) is 0 Å². The van der Waals surface area contributed by atoms with Crippen LogP contribution in [-0.2, 0) is 0 Å². The lowest BCUT2D eigenvalue weighted by Gasteiger charge is -2.26. The highest BCUT2D eigenvalue weighted by Gasteiger charge is 2.18. The molecule has 8 aromatic rings. The zero-order valence-electron chi connectivity index (χ0n) is 44.4. The predicted molar refractivity (Wildman–Crippen MR) is 169 cm³/mol. The van der Waals surface area contributed by atoms with Crippen molar-refractivity contribution in [1.29, 1.82) is 0 Å². The van der Waals surface area contributed by atoms with Gasteiger partial charge in [0.2, 0.25) is 0 Å². The van der Waals surface area contributed by atoms with Gasteiger partial charge in [-0.25, -0.2) is 0 Å². The van der Waals surface area contributed by atoms with E-state index in [4.69, 9.17) is 26.0 Å². The molecular weight excluding hydrogens is 470 g/mol. The Morgan fingerprint density at radius 3 is 1.13 bits per heavy atom. The summed E-state index contributed by atoms with van der Waals surface area (Å²) in [6.07, 6.45) is 0. The largest absolute Gasteiger partial charge is 0.310 e. The van der Waals surface area contributed by atoms with Gasteiger partial charge in [0.25, 0.3) is 0 Å². The molecule has 0 saturated heterocycles. The van der Waals surface area contributed by atoms with E-state index in [0.29, 0.717) is 4.90 Å². The molecule has 0 aromatic heterocycles. The molecule has 0 unspecified atom stereocenters. The van der Waals surface area contributed by atoms with Crippen LogP contribution in [0.4, 0.5) is 17.1 Å². The summed E-state index contributed by atoms with van der Waals surface area (Å²) >= 11 is 0. The number of nitrogens with zero attached hydrogens (tertiary/aromatic N) is 1. The third-order valence-electron chi connectivity index (χ3n) is 6.26. The average molecular weight is 521 g/mol. The molecule has 1 nitrogen and oxygen atoms in total. The van der Waals surface area contributed by atoms with Crippen molar-refractivity contribution in [1.82, 2.24) is 0 Å². The lowest BCUT2D eigenvalue weighted by molar-refractivity contribution is 1.29. The van der Waals surface area contributed by atoms with Crippen LogP contribution in [0.1, 0.15) is 34.3 Å². The molecule has 0 fully saturated rings. The molecule has 0 aliphatic carbocycles. The highest BCUT2D eigenvalue weighted by atomic mass is 15.1. The minimum absolute atomic E-state index is 0.450. The summed E-state index contributed by atoms with van der Waals surface area (Å²) in [5.74, 6) is 0. The van der Waals surface area contributed by atoms with E-state index in [9.17, 15) is 8.22 Å². The standard InChI is InChI=1S/C38H25N/c1-3-13-26(14-4-1)39(27-15-5-2-6-16-27)28-23-24-35-36(25-28)31-19-9-12-22-34(31)37-32-20-10-7-17-29(32)30-18-8-11-21-33(30)38(35)37/h1-25H/i1D,2D,3D,4D,5D,6D,7D,8D,9D,10D,11D,12D,13D,14D,15D,16D,17D,18D,19D,20D,21D,22D,23D,24D,25D. The van der Waals surface area contributed by atoms with Gasteiger partial charge < -0.3 is 4.90 Å². The van der Waals surface area contributed by atoms with Crippen molar-refractivity contribution >= 4 is 70.9 Å². The fourth-order valence-electron chi connectivity index (χ4n) is 4.74. The van der Waals surface area contributed by atoms with Crippen LogP contribution in [0.3, 0.4) is 0 Å². The van der Waals surface area contributed by atoms with Crippen LogP contribution in [0, 0.1) is 0 Å². The third kappa shape index (κ3) is 3.34. The monoisotopic (exact) mass is 520 g/mol. The van der Waals surface area contributed by atoms with Gasteiger partial charge in [0, 0.05) is 17.1 Å². The van der Waals surface area contributed by atoms with Gasteiger partial charge >= 0.3 is 0 Å². The highest BCUT2D eigenvalue weighted by Crippen LogP contribution is 2.45. The lowest BCUT2D eigenvalue weighted by atomic mass is 9.87. The van der Waals surface area contributed by atoms with Gasteiger partial charge in [0.05, 0.1) is 34.3 Å². The van der Waals surface area contributed by atoms with E-state index >= 15 is 0 Å². The first-order valence-corrected chi connectivity index (χ1v) is 11.4. The highest BCUT2D eigenvalue weighted by molar-refractivity contribution is 6.39. The van der Waals surface area contributed by atoms with E-state index in [0.717, 1.165) is 0 Å². The van der Waals surface area contributed by atoms with Crippen molar-refractivity contribution in [2.75, 3.05) is 4.90 Å². The molecule has 0 radical (unpaired) electrons. The van der Waals surface area contributed by atoms with Crippen LogP contribution in [0.2, 0.25) is 0 Å². The summed E-state index contributed by atoms with van der Waals surface area (Å²) < 4.78 is 222. The van der Waals surface area contributed by atoms with Gasteiger partial charge in [-0.05, 0) is 90.1 Å². The summed E-state index contributed by atoms with van der Waals surface area (Å²) in [7, 11) is 0. The number of fused-ring (bicyclic) bond motifs is 11. The van der Waals surface area contributed by atoms with Crippen molar-refractivity contribution in [2.45, 2.75) is 0 Å². The van der Waals surface area contributed by atoms with E-state index < -0.39 is 222 Å². The number of hydrogen-bond donors (Lipinski definition) is 0. The Hall–Kier alpha value is -5.14. The second-order valence-electron chi connectivity index (χ2n) is 8.26. The van der Waals surface area contributed by atoms with Crippen LogP contribution in [0.15, 0.2) is 151 Å². The number of hydrogen-bond acceptors (Lipinski definition) is 1. The molecule has 0 bridgehead atoms. The number of rotatable bonds is 3. The van der Waals surface area contributed by atoms with Gasteiger partial charge in [-0.15, -0.1) is 0 Å². The van der Waals surface area contributed by atoms with Crippen LogP contribution in [0.5, 0.6) is 0 Å². The van der Waals surface area contributed by atoms with Gasteiger partial charge in [-0.2, -0.15) is 0 Å². The SMILES string of the molecule is [2H]c1c([2H])c([2H])c(N(c2c([2H])c([2H])c([2H])c([2H])c2[2H])c2c([2H])c([2H])c3c(c2[2H])c2c([2H])c([2H])c([2H])c([2H])c2c2c4c([2H])c([2H])c([2H])c([2H])c4c4c([2H])c([2H])c([2H])c([2H])c4c32)c([2H])c1[2H]. The zero-order chi connectivity index (χ0) is 47.5. The molecule has 1 heteroatoms. The summed E-state index contributed by atoms with van der Waals surface area (Å²) in [6.45, 7) is 0. The molecule has 0 N–H and O–H groups in total. The molecule has 0 saturated carbocycles. The van der Waals surface area contributed by atoms with Crippen LogP contribution in [0.25, 0.3) is 53.9 Å². The number of para-hydroxylation sites is 2. The Morgan fingerprint density at radius 1 is 0.308 bits per heavy atom. The molecule has 0 atom stereocenters. The van der Waals surface area contributed by atoms with E-state index in [2.05, 4.69) is 0 Å². The van der Waals surface area contributed by atoms with E-state index in [1.165, 1.54) is 0 Å². The van der Waals surface area contributed by atoms with Crippen LogP contribution in [-0.4, -0.2) is 0 Å². The molecule has 0 heterocycles. The fourth-order valence-corrected chi connectivity index (χ4v) is 4.74.